The molecule has 3 rings (SSSR count). The van der Waals surface area contributed by atoms with Gasteiger partial charge >= 0.3 is 0 Å². The maximum atomic E-state index is 14.5. The smallest absolute Gasteiger partial charge is 0.175 e. The second-order valence-corrected chi connectivity index (χ2v) is 6.75. The minimum Gasteiger partial charge on any atom is -0.367 e. The Morgan fingerprint density at radius 2 is 1.74 bits per heavy atom. The molecule has 0 bridgehead atoms. The highest BCUT2D eigenvalue weighted by atomic mass is 19.1. The van der Waals surface area contributed by atoms with Gasteiger partial charge in [0.1, 0.15) is 34.9 Å². The van der Waals surface area contributed by atoms with E-state index in [9.17, 15) is 18.4 Å². The summed E-state index contributed by atoms with van der Waals surface area (Å²) in [4.78, 5) is 4.31. The molecule has 0 spiro atoms. The van der Waals surface area contributed by atoms with Crippen LogP contribution in [-0.2, 0) is 0 Å². The lowest BCUT2D eigenvalue weighted by Crippen LogP contribution is -2.24. The fourth-order valence-electron chi connectivity index (χ4n) is 2.78. The van der Waals surface area contributed by atoms with Gasteiger partial charge in [0.2, 0.25) is 0 Å². The Kier molecular flexibility index (Phi) is 4.79. The first-order valence-corrected chi connectivity index (χ1v) is 8.44. The van der Waals surface area contributed by atoms with Gasteiger partial charge in [-0.15, -0.1) is 0 Å². The summed E-state index contributed by atoms with van der Waals surface area (Å²) in [5, 5.41) is 16.6. The van der Waals surface area contributed by atoms with E-state index in [0.29, 0.717) is 23.6 Å². The van der Waals surface area contributed by atoms with E-state index in [1.807, 2.05) is 26.8 Å². The largest absolute Gasteiger partial charge is 0.367 e. The summed E-state index contributed by atoms with van der Waals surface area (Å²) in [6.07, 6.45) is 1.34. The van der Waals surface area contributed by atoms with E-state index < -0.39 is 23.0 Å². The summed E-state index contributed by atoms with van der Waals surface area (Å²) in [6, 6.07) is 3.18. The monoisotopic (exact) mass is 373 g/mol. The summed E-state index contributed by atoms with van der Waals surface area (Å²) in [5.74, 6) is -2.58. The zero-order chi connectivity index (χ0) is 19.9. The van der Waals surface area contributed by atoms with Crippen LogP contribution in [0.3, 0.4) is 0 Å². The van der Waals surface area contributed by atoms with Crippen LogP contribution in [0.4, 0.5) is 19.0 Å². The molecule has 27 heavy (non-hydrogen) atoms. The molecule has 0 radical (unpaired) electrons. The van der Waals surface area contributed by atoms with Crippen LogP contribution in [0.5, 0.6) is 0 Å². The predicted molar refractivity (Wildman–Crippen MR) is 95.7 cm³/mol. The first-order chi connectivity index (χ1) is 12.7. The summed E-state index contributed by atoms with van der Waals surface area (Å²) in [7, 11) is 0. The normalized spacial score (nSPS) is 12.4. The SMILES string of the molecule is Cc1nc2c(C#N)cnn2c(NC(C)C(C)C)c1-c1c(F)cc(F)cc1F. The Balaban J connectivity index is 2.39. The minimum absolute atomic E-state index is 0.0740. The fourth-order valence-corrected chi connectivity index (χ4v) is 2.78. The second-order valence-electron chi connectivity index (χ2n) is 6.75. The molecule has 0 saturated heterocycles. The standard InChI is InChI=1S/C19H18F3N5/c1-9(2)10(3)25-19-16(17-14(21)5-13(20)6-15(17)22)11(4)26-18-12(7-23)8-24-27(18)19/h5-6,8-10,25H,1-4H3. The number of aromatic nitrogens is 3. The number of nitrogens with one attached hydrogen (secondary N) is 1. The fraction of sp³-hybridized carbons (Fsp3) is 0.316. The Morgan fingerprint density at radius 1 is 1.11 bits per heavy atom. The third-order valence-corrected chi connectivity index (χ3v) is 4.57. The number of fused-ring (bicyclic) bond motifs is 1. The molecule has 0 aliphatic rings. The molecule has 5 nitrogen and oxygen atoms in total. The molecule has 1 N–H and O–H groups in total. The summed E-state index contributed by atoms with van der Waals surface area (Å²) in [6.45, 7) is 7.48. The van der Waals surface area contributed by atoms with Crippen molar-refractivity contribution in [3.05, 3.63) is 47.0 Å². The van der Waals surface area contributed by atoms with E-state index in [0.717, 1.165) is 0 Å². The van der Waals surface area contributed by atoms with Crippen molar-refractivity contribution >= 4 is 11.5 Å². The maximum Gasteiger partial charge on any atom is 0.175 e. The summed E-state index contributed by atoms with van der Waals surface area (Å²) >= 11 is 0. The van der Waals surface area contributed by atoms with E-state index >= 15 is 0 Å². The molecule has 0 amide bonds. The molecule has 1 atom stereocenters. The average molecular weight is 373 g/mol. The van der Waals surface area contributed by atoms with E-state index in [2.05, 4.69) is 15.4 Å². The third-order valence-electron chi connectivity index (χ3n) is 4.57. The molecule has 0 fully saturated rings. The van der Waals surface area contributed by atoms with E-state index in [1.165, 1.54) is 10.7 Å². The quantitative estimate of drug-likeness (QED) is 0.734. The number of rotatable bonds is 4. The van der Waals surface area contributed by atoms with Crippen LogP contribution in [0.15, 0.2) is 18.3 Å². The van der Waals surface area contributed by atoms with Gasteiger partial charge < -0.3 is 5.32 Å². The van der Waals surface area contributed by atoms with Gasteiger partial charge in [0, 0.05) is 18.2 Å². The van der Waals surface area contributed by atoms with Gasteiger partial charge in [-0.1, -0.05) is 13.8 Å². The van der Waals surface area contributed by atoms with Crippen molar-refractivity contribution in [3.63, 3.8) is 0 Å². The highest BCUT2D eigenvalue weighted by Crippen LogP contribution is 2.36. The highest BCUT2D eigenvalue weighted by molar-refractivity contribution is 5.81. The zero-order valence-corrected chi connectivity index (χ0v) is 15.3. The van der Waals surface area contributed by atoms with Crippen LogP contribution >= 0.6 is 0 Å². The van der Waals surface area contributed by atoms with Crippen molar-refractivity contribution < 1.29 is 13.2 Å². The van der Waals surface area contributed by atoms with E-state index in [-0.39, 0.29) is 28.7 Å². The van der Waals surface area contributed by atoms with Crippen LogP contribution in [0.2, 0.25) is 0 Å². The molecule has 2 aromatic heterocycles. The molecule has 3 aromatic rings. The van der Waals surface area contributed by atoms with Crippen molar-refractivity contribution in [1.29, 1.82) is 5.26 Å². The maximum absolute atomic E-state index is 14.5. The lowest BCUT2D eigenvalue weighted by Gasteiger charge is -2.23. The Labute approximate surface area is 154 Å². The van der Waals surface area contributed by atoms with Crippen molar-refractivity contribution in [2.24, 2.45) is 5.92 Å². The Morgan fingerprint density at radius 3 is 2.30 bits per heavy atom. The first kappa shape index (κ1) is 18.7. The van der Waals surface area contributed by atoms with Gasteiger partial charge in [0.15, 0.2) is 5.65 Å². The number of halogens is 3. The predicted octanol–water partition coefficient (Wildman–Crippen LogP) is 4.45. The Hall–Kier alpha value is -3.08. The molecular weight excluding hydrogens is 355 g/mol. The molecule has 0 saturated carbocycles. The van der Waals surface area contributed by atoms with E-state index in [4.69, 9.17) is 0 Å². The minimum atomic E-state index is -1.04. The number of hydrogen-bond acceptors (Lipinski definition) is 4. The molecule has 1 aromatic carbocycles. The average Bonchev–Trinajstić information content (AvgIpc) is 2.98. The van der Waals surface area contributed by atoms with Crippen molar-refractivity contribution in [3.8, 4) is 17.2 Å². The summed E-state index contributed by atoms with van der Waals surface area (Å²) in [5.41, 5.74) is 0.556. The van der Waals surface area contributed by atoms with E-state index in [1.54, 1.807) is 6.92 Å². The Bertz CT molecular complexity index is 1040. The van der Waals surface area contributed by atoms with Crippen molar-refractivity contribution in [1.82, 2.24) is 14.6 Å². The van der Waals surface area contributed by atoms with Crippen LogP contribution in [0.25, 0.3) is 16.8 Å². The number of nitriles is 1. The molecule has 2 heterocycles. The lowest BCUT2D eigenvalue weighted by molar-refractivity contribution is 0.546. The van der Waals surface area contributed by atoms with Gasteiger partial charge in [0.05, 0.1) is 23.0 Å². The lowest BCUT2D eigenvalue weighted by atomic mass is 10.0. The van der Waals surface area contributed by atoms with Crippen LogP contribution < -0.4 is 5.32 Å². The molecule has 1 unspecified atom stereocenters. The zero-order valence-electron chi connectivity index (χ0n) is 15.3. The van der Waals surface area contributed by atoms with Gasteiger partial charge in [-0.05, 0) is 19.8 Å². The number of anilines is 1. The van der Waals surface area contributed by atoms with Crippen molar-refractivity contribution in [2.75, 3.05) is 5.32 Å². The number of benzene rings is 1. The van der Waals surface area contributed by atoms with Crippen LogP contribution in [0, 0.1) is 41.6 Å². The van der Waals surface area contributed by atoms with Gasteiger partial charge in [-0.3, -0.25) is 0 Å². The van der Waals surface area contributed by atoms with Crippen LogP contribution in [0.1, 0.15) is 32.0 Å². The first-order valence-electron chi connectivity index (χ1n) is 8.44. The van der Waals surface area contributed by atoms with Crippen molar-refractivity contribution in [2.45, 2.75) is 33.7 Å². The van der Waals surface area contributed by atoms with Gasteiger partial charge in [-0.2, -0.15) is 14.9 Å². The van der Waals surface area contributed by atoms with Gasteiger partial charge in [-0.25, -0.2) is 18.2 Å². The van der Waals surface area contributed by atoms with Gasteiger partial charge in [0.25, 0.3) is 0 Å². The molecule has 0 aliphatic carbocycles. The summed E-state index contributed by atoms with van der Waals surface area (Å²) < 4.78 is 43.7. The number of hydrogen-bond donors (Lipinski definition) is 1. The molecule has 140 valence electrons. The number of nitrogens with zero attached hydrogens (tertiary/aromatic N) is 4. The molecule has 0 aliphatic heterocycles. The molecular formula is C19H18F3N5. The third kappa shape index (κ3) is 3.21. The molecule has 8 heteroatoms. The topological polar surface area (TPSA) is 66.0 Å². The second kappa shape index (κ2) is 6.91. The van der Waals surface area contributed by atoms with Crippen LogP contribution in [-0.4, -0.2) is 20.6 Å². The highest BCUT2D eigenvalue weighted by Gasteiger charge is 2.25. The number of aryl methyl sites for hydroxylation is 1.